The van der Waals surface area contributed by atoms with Crippen molar-refractivity contribution in [3.63, 3.8) is 0 Å². The molecule has 0 bridgehead atoms. The zero-order valence-corrected chi connectivity index (χ0v) is 20.3. The number of nitrogens with one attached hydrogen (secondary N) is 2. The van der Waals surface area contributed by atoms with E-state index in [2.05, 4.69) is 36.6 Å². The van der Waals surface area contributed by atoms with Crippen molar-refractivity contribution in [1.82, 2.24) is 10.3 Å². The predicted molar refractivity (Wildman–Crippen MR) is 140 cm³/mol. The summed E-state index contributed by atoms with van der Waals surface area (Å²) in [7, 11) is 0. The number of fused-ring (bicyclic) bond motifs is 1. The molecule has 0 aliphatic heterocycles. The Hall–Kier alpha value is -3.29. The summed E-state index contributed by atoms with van der Waals surface area (Å²) in [6, 6.07) is 21.1. The lowest BCUT2D eigenvalue weighted by molar-refractivity contribution is 0.0977. The van der Waals surface area contributed by atoms with E-state index in [1.165, 1.54) is 10.3 Å². The van der Waals surface area contributed by atoms with Crippen LogP contribution in [0.15, 0.2) is 66.7 Å². The maximum Gasteiger partial charge on any atom is 0.257 e. The molecule has 1 atom stereocenters. The molecule has 0 aliphatic rings. The van der Waals surface area contributed by atoms with E-state index in [4.69, 9.17) is 21.9 Å². The van der Waals surface area contributed by atoms with Gasteiger partial charge < -0.3 is 10.1 Å². The first-order chi connectivity index (χ1) is 15.9. The monoisotopic (exact) mass is 475 g/mol. The minimum atomic E-state index is -0.274. The fraction of sp³-hybridized carbons (Fsp3) is 0.192. The number of carbonyl (C=O) groups is 1. The van der Waals surface area contributed by atoms with Crippen molar-refractivity contribution >= 4 is 50.5 Å². The third-order valence-electron chi connectivity index (χ3n) is 5.19. The molecular formula is C26H25N3O2S2. The van der Waals surface area contributed by atoms with Gasteiger partial charge in [-0.25, -0.2) is 4.98 Å². The van der Waals surface area contributed by atoms with Gasteiger partial charge in [0.15, 0.2) is 5.11 Å². The van der Waals surface area contributed by atoms with E-state index in [-0.39, 0.29) is 17.1 Å². The zero-order valence-electron chi connectivity index (χ0n) is 18.7. The van der Waals surface area contributed by atoms with E-state index in [9.17, 15) is 4.79 Å². The minimum Gasteiger partial charge on any atom is -0.491 e. The van der Waals surface area contributed by atoms with E-state index >= 15 is 0 Å². The molecule has 0 saturated heterocycles. The van der Waals surface area contributed by atoms with Crippen LogP contribution in [-0.4, -0.2) is 22.1 Å². The molecule has 168 valence electrons. The van der Waals surface area contributed by atoms with Crippen LogP contribution in [0.5, 0.6) is 5.75 Å². The Labute approximate surface area is 202 Å². The van der Waals surface area contributed by atoms with Crippen LogP contribution < -0.4 is 15.4 Å². The molecule has 1 amide bonds. The number of ether oxygens (including phenoxy) is 1. The second kappa shape index (κ2) is 10.1. The number of thiocarbonyl (C=S) groups is 1. The average molecular weight is 476 g/mol. The van der Waals surface area contributed by atoms with E-state index in [0.29, 0.717) is 5.56 Å². The number of benzene rings is 3. The van der Waals surface area contributed by atoms with Gasteiger partial charge in [0.05, 0.1) is 16.3 Å². The standard InChI is InChI=1S/C26H25N3O2S2/c1-4-17(3)31-21-12-8-18(9-13-21)24(30)29-26(32)27-20-10-6-19(7-11-20)25-28-22-14-5-16(2)15-23(22)33-25/h5-15,17H,4H2,1-3H3,(H2,27,29,30,32)/t17-/m1/s1. The third kappa shape index (κ3) is 5.74. The SMILES string of the molecule is CC[C@@H](C)Oc1ccc(C(=O)NC(=S)Nc2ccc(-c3nc4ccc(C)cc4s3)cc2)cc1. The van der Waals surface area contributed by atoms with Gasteiger partial charge in [0.25, 0.3) is 5.91 Å². The number of thiazole rings is 1. The topological polar surface area (TPSA) is 63.2 Å². The van der Waals surface area contributed by atoms with Gasteiger partial charge in [-0.15, -0.1) is 11.3 Å². The highest BCUT2D eigenvalue weighted by molar-refractivity contribution is 7.80. The van der Waals surface area contributed by atoms with Crippen LogP contribution in [0.3, 0.4) is 0 Å². The van der Waals surface area contributed by atoms with Gasteiger partial charge in [-0.05, 0) is 98.7 Å². The summed E-state index contributed by atoms with van der Waals surface area (Å²) < 4.78 is 6.93. The van der Waals surface area contributed by atoms with Gasteiger partial charge >= 0.3 is 0 Å². The Morgan fingerprint density at radius 2 is 1.82 bits per heavy atom. The van der Waals surface area contributed by atoms with Gasteiger partial charge in [-0.1, -0.05) is 13.0 Å². The van der Waals surface area contributed by atoms with Crippen molar-refractivity contribution in [2.45, 2.75) is 33.3 Å². The molecule has 0 fully saturated rings. The van der Waals surface area contributed by atoms with Crippen LogP contribution in [0.4, 0.5) is 5.69 Å². The second-order valence-electron chi connectivity index (χ2n) is 7.84. The highest BCUT2D eigenvalue weighted by Gasteiger charge is 2.10. The average Bonchev–Trinajstić information content (AvgIpc) is 3.23. The van der Waals surface area contributed by atoms with Crippen molar-refractivity contribution in [2.24, 2.45) is 0 Å². The van der Waals surface area contributed by atoms with Crippen molar-refractivity contribution in [1.29, 1.82) is 0 Å². The van der Waals surface area contributed by atoms with Gasteiger partial charge in [-0.2, -0.15) is 0 Å². The molecule has 2 N–H and O–H groups in total. The molecule has 0 aliphatic carbocycles. The van der Waals surface area contributed by atoms with E-state index in [1.807, 2.05) is 37.3 Å². The third-order valence-corrected chi connectivity index (χ3v) is 6.46. The second-order valence-corrected chi connectivity index (χ2v) is 9.28. The molecule has 1 aromatic heterocycles. The van der Waals surface area contributed by atoms with Gasteiger partial charge in [0.2, 0.25) is 0 Å². The number of anilines is 1. The molecule has 3 aromatic carbocycles. The van der Waals surface area contributed by atoms with E-state index in [0.717, 1.165) is 33.9 Å². The molecule has 7 heteroatoms. The number of aromatic nitrogens is 1. The molecule has 1 heterocycles. The first kappa shape index (κ1) is 22.9. The largest absolute Gasteiger partial charge is 0.491 e. The Kier molecular flexibility index (Phi) is 7.01. The van der Waals surface area contributed by atoms with Crippen LogP contribution in [0.2, 0.25) is 0 Å². The number of aryl methyl sites for hydroxylation is 1. The number of hydrogen-bond donors (Lipinski definition) is 2. The summed E-state index contributed by atoms with van der Waals surface area (Å²) in [5.74, 6) is 0.467. The minimum absolute atomic E-state index is 0.131. The number of amides is 1. The first-order valence-electron chi connectivity index (χ1n) is 10.8. The molecule has 0 spiro atoms. The first-order valence-corrected chi connectivity index (χ1v) is 12.0. The quantitative estimate of drug-likeness (QED) is 0.309. The number of nitrogens with zero attached hydrogens (tertiary/aromatic N) is 1. The van der Waals surface area contributed by atoms with Gasteiger partial charge in [-0.3, -0.25) is 10.1 Å². The highest BCUT2D eigenvalue weighted by atomic mass is 32.1. The van der Waals surface area contributed by atoms with Crippen molar-refractivity contribution < 1.29 is 9.53 Å². The molecular weight excluding hydrogens is 450 g/mol. The van der Waals surface area contributed by atoms with Crippen molar-refractivity contribution in [3.05, 3.63) is 77.9 Å². The summed E-state index contributed by atoms with van der Waals surface area (Å²) in [5.41, 5.74) is 4.57. The molecule has 4 aromatic rings. The smallest absolute Gasteiger partial charge is 0.257 e. The van der Waals surface area contributed by atoms with Crippen LogP contribution in [0, 0.1) is 6.92 Å². The summed E-state index contributed by atoms with van der Waals surface area (Å²) in [5, 5.41) is 6.98. The lowest BCUT2D eigenvalue weighted by Gasteiger charge is -2.13. The summed E-state index contributed by atoms with van der Waals surface area (Å²) in [4.78, 5) is 17.2. The number of hydrogen-bond acceptors (Lipinski definition) is 5. The number of rotatable bonds is 6. The fourth-order valence-electron chi connectivity index (χ4n) is 3.19. The predicted octanol–water partition coefficient (Wildman–Crippen LogP) is 6.58. The summed E-state index contributed by atoms with van der Waals surface area (Å²) >= 11 is 6.99. The Morgan fingerprint density at radius 3 is 2.52 bits per heavy atom. The maximum absolute atomic E-state index is 12.5. The fourth-order valence-corrected chi connectivity index (χ4v) is 4.47. The van der Waals surface area contributed by atoms with Crippen LogP contribution in [0.1, 0.15) is 36.2 Å². The maximum atomic E-state index is 12.5. The zero-order chi connectivity index (χ0) is 23.4. The van der Waals surface area contributed by atoms with Crippen LogP contribution >= 0.6 is 23.6 Å². The Balaban J connectivity index is 1.35. The Morgan fingerprint density at radius 1 is 1.09 bits per heavy atom. The van der Waals surface area contributed by atoms with Crippen LogP contribution in [0.25, 0.3) is 20.8 Å². The molecule has 5 nitrogen and oxygen atoms in total. The Bertz CT molecular complexity index is 1280. The number of carbonyl (C=O) groups excluding carboxylic acids is 1. The molecule has 0 radical (unpaired) electrons. The van der Waals surface area contributed by atoms with E-state index < -0.39 is 0 Å². The normalized spacial score (nSPS) is 11.7. The molecule has 0 unspecified atom stereocenters. The highest BCUT2D eigenvalue weighted by Crippen LogP contribution is 2.31. The van der Waals surface area contributed by atoms with Crippen LogP contribution in [-0.2, 0) is 0 Å². The summed E-state index contributed by atoms with van der Waals surface area (Å²) in [6.07, 6.45) is 1.05. The van der Waals surface area contributed by atoms with Gasteiger partial charge in [0, 0.05) is 16.8 Å². The lowest BCUT2D eigenvalue weighted by atomic mass is 10.2. The molecule has 4 rings (SSSR count). The lowest BCUT2D eigenvalue weighted by Crippen LogP contribution is -2.34. The van der Waals surface area contributed by atoms with Crippen molar-refractivity contribution in [2.75, 3.05) is 5.32 Å². The van der Waals surface area contributed by atoms with Gasteiger partial charge in [0.1, 0.15) is 10.8 Å². The summed E-state index contributed by atoms with van der Waals surface area (Å²) in [6.45, 7) is 6.16. The van der Waals surface area contributed by atoms with Crippen molar-refractivity contribution in [3.8, 4) is 16.3 Å². The molecule has 0 saturated carbocycles. The molecule has 33 heavy (non-hydrogen) atoms. The van der Waals surface area contributed by atoms with E-state index in [1.54, 1.807) is 35.6 Å².